The Morgan fingerprint density at radius 3 is 1.66 bits per heavy atom. The number of nitrogens with two attached hydrogens (primary N) is 1. The number of nitrogens with zero attached hydrogens (tertiary/aromatic N) is 4. The molecule has 0 bridgehead atoms. The van der Waals surface area contributed by atoms with E-state index in [1.165, 1.54) is 24.0 Å². The minimum absolute atomic E-state index is 0.00266. The van der Waals surface area contributed by atoms with E-state index in [1.807, 2.05) is 24.3 Å². The number of amides is 10. The van der Waals surface area contributed by atoms with Crippen LogP contribution in [0.5, 0.6) is 11.5 Å². The molecule has 1 unspecified atom stereocenters. The summed E-state index contributed by atoms with van der Waals surface area (Å²) < 4.78 is 55.6. The van der Waals surface area contributed by atoms with Gasteiger partial charge in [-0.05, 0) is 70.5 Å². The van der Waals surface area contributed by atoms with Crippen LogP contribution in [0.4, 0.5) is 31.4 Å². The van der Waals surface area contributed by atoms with Gasteiger partial charge in [-0.25, -0.2) is 14.4 Å². The molecule has 9 N–H and O–H groups in total. The van der Waals surface area contributed by atoms with Crippen LogP contribution in [0.25, 0.3) is 21.5 Å². The molecule has 2 aliphatic heterocycles. The molecule has 8 rings (SSSR count). The topological polar surface area (TPSA) is 386 Å². The van der Waals surface area contributed by atoms with Gasteiger partial charge < -0.3 is 109 Å². The third kappa shape index (κ3) is 26.5. The van der Waals surface area contributed by atoms with Gasteiger partial charge in [0.1, 0.15) is 30.2 Å². The van der Waals surface area contributed by atoms with E-state index in [4.69, 9.17) is 76.1 Å². The molecule has 2 aliphatic rings. The molecule has 0 radical (unpaired) electrons. The Labute approximate surface area is 667 Å². The second-order valence-corrected chi connectivity index (χ2v) is 28.9. The molecule has 6 aromatic rings. The number of hydrogen-bond acceptors (Lipinski definition) is 22. The molecule has 5 aromatic carbocycles. The number of hydrogen-bond donors (Lipinski definition) is 8. The molecule has 10 amide bonds. The van der Waals surface area contributed by atoms with Crippen molar-refractivity contribution in [2.45, 2.75) is 63.6 Å². The molecule has 0 saturated heterocycles. The minimum atomic E-state index is -2.78. The Morgan fingerprint density at radius 2 is 1.14 bits per heavy atom. The number of primary amides is 1. The third-order valence-corrected chi connectivity index (χ3v) is 20.5. The van der Waals surface area contributed by atoms with E-state index in [1.54, 1.807) is 96.4 Å². The lowest BCUT2D eigenvalue weighted by Crippen LogP contribution is -2.54. The van der Waals surface area contributed by atoms with Crippen molar-refractivity contribution in [3.05, 3.63) is 124 Å². The third-order valence-electron chi connectivity index (χ3n) is 17.8. The number of halogens is 3. The van der Waals surface area contributed by atoms with Crippen molar-refractivity contribution in [1.82, 2.24) is 31.1 Å². The quantitative estimate of drug-likeness (QED) is 0.0101. The second kappa shape index (κ2) is 46.2. The summed E-state index contributed by atoms with van der Waals surface area (Å²) in [7, 11) is 0.209. The summed E-state index contributed by atoms with van der Waals surface area (Å²) in [5.41, 5.74) is 8.74. The van der Waals surface area contributed by atoms with E-state index in [0.717, 1.165) is 27.8 Å². The molecular formula is C75H96BrCl2N10O21PS. The number of carbonyl (C=O) groups is 9. The zero-order valence-electron chi connectivity index (χ0n) is 62.2. The lowest BCUT2D eigenvalue weighted by molar-refractivity contribution is -0.132. The Hall–Kier alpha value is -8.12. The Balaban J connectivity index is 0.785. The molecule has 0 saturated carbocycles. The van der Waals surface area contributed by atoms with E-state index in [-0.39, 0.29) is 154 Å². The number of thiophene rings is 1. The highest BCUT2D eigenvalue weighted by Crippen LogP contribution is 2.49. The number of urea groups is 1. The average molecular weight is 1690 g/mol. The van der Waals surface area contributed by atoms with Crippen LogP contribution in [0, 0.1) is 5.92 Å². The first-order chi connectivity index (χ1) is 53.6. The summed E-state index contributed by atoms with van der Waals surface area (Å²) in [5.74, 6) is -2.82. The Morgan fingerprint density at radius 1 is 0.622 bits per heavy atom. The first kappa shape index (κ1) is 88.4. The average Bonchev–Trinajstić information content (AvgIpc) is 1.61. The van der Waals surface area contributed by atoms with E-state index in [9.17, 15) is 52.9 Å². The fourth-order valence-electron chi connectivity index (χ4n) is 12.2. The monoisotopic (exact) mass is 1680 g/mol. The van der Waals surface area contributed by atoms with E-state index < -0.39 is 68.4 Å². The van der Waals surface area contributed by atoms with Crippen LogP contribution in [-0.2, 0) is 63.7 Å². The fraction of sp³-hybridized carbons (Fsp3) is 0.480. The fourth-order valence-corrected chi connectivity index (χ4v) is 14.2. The summed E-state index contributed by atoms with van der Waals surface area (Å²) in [6, 6.07) is 24.6. The first-order valence-corrected chi connectivity index (χ1v) is 40.3. The van der Waals surface area contributed by atoms with Gasteiger partial charge in [0.05, 0.1) is 112 Å². The van der Waals surface area contributed by atoms with Gasteiger partial charge in [-0.15, -0.1) is 34.5 Å². The number of alkyl halides is 3. The lowest BCUT2D eigenvalue weighted by atomic mass is 9.95. The Kier molecular flexibility index (Phi) is 36.8. The van der Waals surface area contributed by atoms with Crippen LogP contribution in [0.3, 0.4) is 0 Å². The van der Waals surface area contributed by atoms with Crippen molar-refractivity contribution in [1.29, 1.82) is 0 Å². The lowest BCUT2D eigenvalue weighted by Gasteiger charge is -2.25. The highest BCUT2D eigenvalue weighted by atomic mass is 79.9. The van der Waals surface area contributed by atoms with Gasteiger partial charge in [-0.1, -0.05) is 90.4 Å². The van der Waals surface area contributed by atoms with Crippen LogP contribution in [-0.4, -0.2) is 248 Å². The number of nitrogens with one attached hydrogen (secondary N) is 5. The molecule has 604 valence electrons. The van der Waals surface area contributed by atoms with Gasteiger partial charge in [0, 0.05) is 119 Å². The number of methoxy groups -OCH3 is 1. The highest BCUT2D eigenvalue weighted by Gasteiger charge is 2.39. The SMILES string of the molecule is COCCN(CCN(C)C(=O)OCc1ccc(NC(=O)[C@H](CCCNC(N)=O)NC(=O)[C@@H](NC(=O)CCOCCOCCOCCOCCOCCOCCNC(=O)CBr)C(C)C)cc1)C(=O)Oc1cc2c(c3ccccc13)[C@H](CCl)CN2C(=O)c1ccc(C(=O)N2CC(CCl)c3c2cc(OP(O)O)c2ccccc32)s1. The van der Waals surface area contributed by atoms with Gasteiger partial charge in [-0.2, -0.15) is 0 Å². The number of rotatable bonds is 47. The van der Waals surface area contributed by atoms with Crippen LogP contribution in [0.1, 0.15) is 81.0 Å². The van der Waals surface area contributed by atoms with Gasteiger partial charge in [0.25, 0.3) is 11.8 Å². The molecule has 3 heterocycles. The molecule has 0 fully saturated rings. The number of carbonyl (C=O) groups excluding carboxylic acids is 9. The molecule has 1 aromatic heterocycles. The second-order valence-electron chi connectivity index (χ2n) is 25.9. The smallest absolute Gasteiger partial charge is 0.415 e. The number of likely N-dealkylation sites (N-methyl/N-ethyl adjacent to an activating group) is 1. The Bertz CT molecular complexity index is 4100. The maximum absolute atomic E-state index is 14.8. The summed E-state index contributed by atoms with van der Waals surface area (Å²) in [4.78, 5) is 147. The zero-order valence-corrected chi connectivity index (χ0v) is 67.0. The molecule has 36 heteroatoms. The molecule has 0 aliphatic carbocycles. The van der Waals surface area contributed by atoms with Crippen LogP contribution >= 0.6 is 59.1 Å². The summed E-state index contributed by atoms with van der Waals surface area (Å²) in [6.45, 7) is 8.46. The molecule has 111 heavy (non-hydrogen) atoms. The molecule has 31 nitrogen and oxygen atoms in total. The molecule has 4 atom stereocenters. The van der Waals surface area contributed by atoms with E-state index in [2.05, 4.69) is 42.5 Å². The summed E-state index contributed by atoms with van der Waals surface area (Å²) in [5, 5.41) is 16.4. The van der Waals surface area contributed by atoms with Gasteiger partial charge in [0.15, 0.2) is 0 Å². The zero-order chi connectivity index (χ0) is 79.8. The molecular weight excluding hydrogens is 1590 g/mol. The first-order valence-electron chi connectivity index (χ1n) is 36.1. The minimum Gasteiger partial charge on any atom is -0.445 e. The largest absolute Gasteiger partial charge is 0.445 e. The van der Waals surface area contributed by atoms with Crippen molar-refractivity contribution in [2.75, 3.05) is 178 Å². The summed E-state index contributed by atoms with van der Waals surface area (Å²) >= 11 is 17.3. The number of ether oxygens (including phenoxy) is 9. The van der Waals surface area contributed by atoms with Gasteiger partial charge in [0.2, 0.25) is 23.6 Å². The van der Waals surface area contributed by atoms with Gasteiger partial charge >= 0.3 is 26.8 Å². The van der Waals surface area contributed by atoms with Crippen molar-refractivity contribution in [3.8, 4) is 11.5 Å². The van der Waals surface area contributed by atoms with E-state index in [0.29, 0.717) is 105 Å². The van der Waals surface area contributed by atoms with Crippen molar-refractivity contribution in [3.63, 3.8) is 0 Å². The standard InChI is InChI=1S/C75H96BrCl2N10O21PS/c1-48(2)68(84-64(89)21-27-101-30-32-103-34-36-105-38-39-106-37-35-104-33-31-102-28-23-80-65(90)42-76)70(92)83-57(14-9-22-81-73(79)95)69(91)82-52-17-15-49(16-18-52)47-107-74(96)85(3)24-25-86(26-29-100-4)75(97)108-60-40-58-66(55-12-7-5-10-53(55)60)50(43-77)45-87(58)71(93)62-19-20-63(111-62)72(94)88-46-51(44-78)67-56-13-8-6-11-54(56)61(41-59(67)88)109-110(98)99/h5-8,10-13,15-20,40-41,48,50-51,57,68,98-99H,9,14,21-39,42-47H2,1-4H3,(H,80,90)(H,82,91)(H,83,92)(H,84,89)(H3,79,81,95)/t50-,51?,57+,68+/m1/s1. The van der Waals surface area contributed by atoms with Crippen molar-refractivity contribution >= 4 is 151 Å². The number of fused-ring (bicyclic) bond motifs is 6. The van der Waals surface area contributed by atoms with Crippen LogP contribution < -0.4 is 51.4 Å². The maximum atomic E-state index is 14.8. The maximum Gasteiger partial charge on any atom is 0.415 e. The molecule has 0 spiro atoms. The predicted octanol–water partition coefficient (Wildman–Crippen LogP) is 8.34. The van der Waals surface area contributed by atoms with Crippen LogP contribution in [0.15, 0.2) is 97.1 Å². The number of benzene rings is 5. The normalized spacial score (nSPS) is 14.2. The van der Waals surface area contributed by atoms with Crippen LogP contribution in [0.2, 0.25) is 0 Å². The highest BCUT2D eigenvalue weighted by molar-refractivity contribution is 9.09. The predicted molar refractivity (Wildman–Crippen MR) is 424 cm³/mol. The van der Waals surface area contributed by atoms with Crippen molar-refractivity contribution in [2.24, 2.45) is 11.7 Å². The van der Waals surface area contributed by atoms with Crippen molar-refractivity contribution < 1.29 is 100 Å². The van der Waals surface area contributed by atoms with E-state index >= 15 is 0 Å². The number of anilines is 3. The summed E-state index contributed by atoms with van der Waals surface area (Å²) in [6.07, 6.45) is -1.19. The van der Waals surface area contributed by atoms with Gasteiger partial charge in [-0.3, -0.25) is 28.8 Å².